The lowest BCUT2D eigenvalue weighted by Gasteiger charge is -2.23. The van der Waals surface area contributed by atoms with Gasteiger partial charge in [-0.05, 0) is 18.4 Å². The highest BCUT2D eigenvalue weighted by Crippen LogP contribution is 2.38. The largest absolute Gasteiger partial charge is 0.311 e. The third-order valence-electron chi connectivity index (χ3n) is 4.78. The molecule has 2 aromatic rings. The van der Waals surface area contributed by atoms with Gasteiger partial charge in [0, 0.05) is 25.6 Å². The number of carbonyl (C=O) groups excluding carboxylic acids is 1. The van der Waals surface area contributed by atoms with E-state index in [0.717, 1.165) is 18.4 Å². The summed E-state index contributed by atoms with van der Waals surface area (Å²) in [6.07, 6.45) is 8.32. The maximum absolute atomic E-state index is 12.5. The summed E-state index contributed by atoms with van der Waals surface area (Å²) in [5.41, 5.74) is 1.48. The van der Waals surface area contributed by atoms with E-state index in [2.05, 4.69) is 15.5 Å². The fourth-order valence-corrected chi connectivity index (χ4v) is 3.73. The third-order valence-corrected chi connectivity index (χ3v) is 4.78. The number of nitrogens with one attached hydrogen (secondary N) is 2. The molecule has 0 radical (unpaired) electrons. The number of hydrogen-bond acceptors (Lipinski definition) is 3. The van der Waals surface area contributed by atoms with Crippen LogP contribution in [0.3, 0.4) is 0 Å². The van der Waals surface area contributed by atoms with Gasteiger partial charge in [0.05, 0.1) is 17.8 Å². The number of H-pyrrole nitrogens is 1. The number of hydrogen-bond donors (Lipinski definition) is 2. The summed E-state index contributed by atoms with van der Waals surface area (Å²) >= 11 is 0. The van der Waals surface area contributed by atoms with Crippen molar-refractivity contribution < 1.29 is 4.79 Å². The first kappa shape index (κ1) is 13.4. The lowest BCUT2D eigenvalue weighted by atomic mass is 9.89. The zero-order valence-electron chi connectivity index (χ0n) is 12.5. The molecule has 22 heavy (non-hydrogen) atoms. The number of amides is 1. The Balaban J connectivity index is 1.83. The first-order valence-corrected chi connectivity index (χ1v) is 7.76. The van der Waals surface area contributed by atoms with Crippen molar-refractivity contribution in [2.24, 2.45) is 7.05 Å². The maximum atomic E-state index is 12.5. The third kappa shape index (κ3) is 2.00. The SMILES string of the molecule is Cn1cc([C@H]2CC(=O)Nc3c2c(=O)[nH]n3C2CCCC2)cn1. The standard InChI is InChI=1S/C15H19N5O2/c1-19-8-9(7-16-19)11-6-12(21)17-14-13(11)15(22)18-20(14)10-4-2-3-5-10/h7-8,10-11H,2-6H2,1H3,(H,17,21)(H,18,22)/t11-/m1/s1. The second-order valence-corrected chi connectivity index (χ2v) is 6.26. The molecule has 3 heterocycles. The van der Waals surface area contributed by atoms with Crippen molar-refractivity contribution in [3.05, 3.63) is 33.9 Å². The van der Waals surface area contributed by atoms with Crippen LogP contribution in [0.5, 0.6) is 0 Å². The zero-order valence-corrected chi connectivity index (χ0v) is 12.5. The van der Waals surface area contributed by atoms with Gasteiger partial charge < -0.3 is 5.32 Å². The van der Waals surface area contributed by atoms with Gasteiger partial charge in [-0.2, -0.15) is 5.10 Å². The first-order chi connectivity index (χ1) is 10.6. The zero-order chi connectivity index (χ0) is 15.3. The van der Waals surface area contributed by atoms with Crippen LogP contribution >= 0.6 is 0 Å². The molecule has 0 spiro atoms. The van der Waals surface area contributed by atoms with E-state index in [4.69, 9.17) is 0 Å². The van der Waals surface area contributed by atoms with Gasteiger partial charge in [0.15, 0.2) is 0 Å². The van der Waals surface area contributed by atoms with Crippen LogP contribution in [0.2, 0.25) is 0 Å². The van der Waals surface area contributed by atoms with E-state index in [9.17, 15) is 9.59 Å². The fraction of sp³-hybridized carbons (Fsp3) is 0.533. The van der Waals surface area contributed by atoms with Crippen molar-refractivity contribution in [1.82, 2.24) is 19.6 Å². The number of rotatable bonds is 2. The Bertz CT molecular complexity index is 778. The molecule has 1 saturated carbocycles. The van der Waals surface area contributed by atoms with Crippen LogP contribution in [0.25, 0.3) is 0 Å². The van der Waals surface area contributed by atoms with Crippen molar-refractivity contribution in [1.29, 1.82) is 0 Å². The quantitative estimate of drug-likeness (QED) is 0.881. The van der Waals surface area contributed by atoms with Crippen LogP contribution in [0.1, 0.15) is 55.2 Å². The van der Waals surface area contributed by atoms with Crippen LogP contribution < -0.4 is 10.9 Å². The van der Waals surface area contributed by atoms with E-state index < -0.39 is 0 Å². The molecule has 1 amide bonds. The van der Waals surface area contributed by atoms with E-state index >= 15 is 0 Å². The lowest BCUT2D eigenvalue weighted by molar-refractivity contribution is -0.116. The van der Waals surface area contributed by atoms with Gasteiger partial charge in [0.1, 0.15) is 5.82 Å². The molecule has 2 aromatic heterocycles. The van der Waals surface area contributed by atoms with Crippen molar-refractivity contribution in [3.63, 3.8) is 0 Å². The molecule has 7 nitrogen and oxygen atoms in total. The molecule has 0 saturated heterocycles. The number of fused-ring (bicyclic) bond motifs is 1. The van der Waals surface area contributed by atoms with Crippen molar-refractivity contribution in [2.75, 3.05) is 5.32 Å². The monoisotopic (exact) mass is 301 g/mol. The van der Waals surface area contributed by atoms with Gasteiger partial charge in [-0.1, -0.05) is 12.8 Å². The van der Waals surface area contributed by atoms with E-state index in [0.29, 0.717) is 11.4 Å². The Kier molecular flexibility index (Phi) is 2.95. The normalized spacial score (nSPS) is 21.9. The second-order valence-electron chi connectivity index (χ2n) is 6.26. The minimum atomic E-state index is -0.219. The van der Waals surface area contributed by atoms with Gasteiger partial charge in [0.2, 0.25) is 5.91 Å². The smallest absolute Gasteiger partial charge is 0.270 e. The lowest BCUT2D eigenvalue weighted by Crippen LogP contribution is -2.27. The number of carbonyl (C=O) groups is 1. The van der Waals surface area contributed by atoms with E-state index in [-0.39, 0.29) is 29.8 Å². The van der Waals surface area contributed by atoms with Crippen LogP contribution in [0, 0.1) is 0 Å². The molecule has 0 aromatic carbocycles. The summed E-state index contributed by atoms with van der Waals surface area (Å²) in [7, 11) is 1.83. The molecular formula is C15H19N5O2. The van der Waals surface area contributed by atoms with Crippen molar-refractivity contribution >= 4 is 11.7 Å². The minimum absolute atomic E-state index is 0.0490. The molecule has 1 atom stereocenters. The van der Waals surface area contributed by atoms with Crippen LogP contribution in [-0.2, 0) is 11.8 Å². The summed E-state index contributed by atoms with van der Waals surface area (Å²) in [4.78, 5) is 24.6. The number of aromatic nitrogens is 4. The summed E-state index contributed by atoms with van der Waals surface area (Å²) in [6.45, 7) is 0. The average molecular weight is 301 g/mol. The predicted octanol–water partition coefficient (Wildman–Crippen LogP) is 1.50. The maximum Gasteiger partial charge on any atom is 0.270 e. The summed E-state index contributed by atoms with van der Waals surface area (Å²) in [5.74, 6) is 0.387. The first-order valence-electron chi connectivity index (χ1n) is 7.76. The Hall–Kier alpha value is -2.31. The molecule has 1 aliphatic heterocycles. The molecular weight excluding hydrogens is 282 g/mol. The average Bonchev–Trinajstić information content (AvgIpc) is 3.19. The van der Waals surface area contributed by atoms with Gasteiger partial charge in [-0.3, -0.25) is 24.1 Å². The van der Waals surface area contributed by atoms with Gasteiger partial charge in [0.25, 0.3) is 5.56 Å². The van der Waals surface area contributed by atoms with E-state index in [1.54, 1.807) is 10.9 Å². The van der Waals surface area contributed by atoms with Gasteiger partial charge in [-0.15, -0.1) is 0 Å². The molecule has 116 valence electrons. The summed E-state index contributed by atoms with van der Waals surface area (Å²) in [5, 5.41) is 10.0. The van der Waals surface area contributed by atoms with E-state index in [1.807, 2.05) is 17.9 Å². The number of nitrogens with zero attached hydrogens (tertiary/aromatic N) is 3. The van der Waals surface area contributed by atoms with Crippen molar-refractivity contribution in [3.8, 4) is 0 Å². The number of aromatic amines is 1. The second kappa shape index (κ2) is 4.86. The molecule has 0 unspecified atom stereocenters. The Labute approximate surface area is 127 Å². The highest BCUT2D eigenvalue weighted by Gasteiger charge is 2.35. The van der Waals surface area contributed by atoms with Crippen LogP contribution in [-0.4, -0.2) is 25.5 Å². The Morgan fingerprint density at radius 2 is 2.05 bits per heavy atom. The topological polar surface area (TPSA) is 84.7 Å². The van der Waals surface area contributed by atoms with Crippen LogP contribution in [0.15, 0.2) is 17.2 Å². The van der Waals surface area contributed by atoms with Gasteiger partial charge in [-0.25, -0.2) is 0 Å². The molecule has 1 aliphatic carbocycles. The Morgan fingerprint density at radius 3 is 2.73 bits per heavy atom. The number of anilines is 1. The fourth-order valence-electron chi connectivity index (χ4n) is 3.73. The van der Waals surface area contributed by atoms with Crippen LogP contribution in [0.4, 0.5) is 5.82 Å². The molecule has 2 N–H and O–H groups in total. The molecule has 1 fully saturated rings. The molecule has 4 rings (SSSR count). The Morgan fingerprint density at radius 1 is 1.27 bits per heavy atom. The molecule has 0 bridgehead atoms. The summed E-state index contributed by atoms with van der Waals surface area (Å²) in [6, 6.07) is 0.282. The number of aryl methyl sites for hydroxylation is 1. The highest BCUT2D eigenvalue weighted by molar-refractivity contribution is 5.94. The van der Waals surface area contributed by atoms with Gasteiger partial charge >= 0.3 is 0 Å². The molecule has 7 heteroatoms. The molecule has 2 aliphatic rings. The van der Waals surface area contributed by atoms with Crippen molar-refractivity contribution in [2.45, 2.75) is 44.1 Å². The summed E-state index contributed by atoms with van der Waals surface area (Å²) < 4.78 is 3.58. The minimum Gasteiger partial charge on any atom is -0.311 e. The predicted molar refractivity (Wildman–Crippen MR) is 80.9 cm³/mol. The van der Waals surface area contributed by atoms with E-state index in [1.165, 1.54) is 12.8 Å². The highest BCUT2D eigenvalue weighted by atomic mass is 16.2.